The standard InChI is InChI=1S/C25H35ClN2O3/c1-16-6-7-19(14-16)22(29)27-18(3)17(2)23(30)28-13-12-25(31,24(4,5)15-28)20-8-10-21(26)11-9-20/h8-11,17-19,31H,1,6-7,12-15H2,2-5H3,(H,27,29)/t17-,18?,19?,25+/m1/s1. The van der Waals surface area contributed by atoms with Crippen LogP contribution in [0.25, 0.3) is 0 Å². The number of nitrogens with one attached hydrogen (secondary N) is 1. The number of piperidine rings is 1. The predicted octanol–water partition coefficient (Wildman–Crippen LogP) is 4.28. The van der Waals surface area contributed by atoms with Crippen LogP contribution < -0.4 is 5.32 Å². The molecule has 31 heavy (non-hydrogen) atoms. The normalized spacial score (nSPS) is 27.6. The summed E-state index contributed by atoms with van der Waals surface area (Å²) in [7, 11) is 0. The molecule has 2 fully saturated rings. The molecular formula is C25H35ClN2O3. The number of benzene rings is 1. The number of rotatable bonds is 5. The molecule has 0 radical (unpaired) electrons. The molecule has 0 spiro atoms. The summed E-state index contributed by atoms with van der Waals surface area (Å²) < 4.78 is 0. The van der Waals surface area contributed by atoms with Crippen molar-refractivity contribution in [3.05, 3.63) is 47.0 Å². The van der Waals surface area contributed by atoms with Crippen LogP contribution in [0.1, 0.15) is 58.9 Å². The Bertz CT molecular complexity index is 851. The first kappa shape index (κ1) is 23.8. The van der Waals surface area contributed by atoms with E-state index in [9.17, 15) is 14.7 Å². The van der Waals surface area contributed by atoms with E-state index in [0.717, 1.165) is 30.4 Å². The van der Waals surface area contributed by atoms with Crippen LogP contribution in [0.15, 0.2) is 36.4 Å². The molecule has 2 aliphatic rings. The average molecular weight is 447 g/mol. The summed E-state index contributed by atoms with van der Waals surface area (Å²) in [6.45, 7) is 12.6. The Hall–Kier alpha value is -1.85. The molecule has 4 atom stereocenters. The van der Waals surface area contributed by atoms with Crippen LogP contribution in [0.5, 0.6) is 0 Å². The summed E-state index contributed by atoms with van der Waals surface area (Å²) in [6.07, 6.45) is 2.93. The van der Waals surface area contributed by atoms with Crippen molar-refractivity contribution in [3.63, 3.8) is 0 Å². The van der Waals surface area contributed by atoms with Crippen LogP contribution in [0.3, 0.4) is 0 Å². The first-order valence-electron chi connectivity index (χ1n) is 11.2. The quantitative estimate of drug-likeness (QED) is 0.663. The van der Waals surface area contributed by atoms with Gasteiger partial charge in [0, 0.05) is 35.5 Å². The maximum Gasteiger partial charge on any atom is 0.227 e. The van der Waals surface area contributed by atoms with Crippen molar-refractivity contribution < 1.29 is 14.7 Å². The van der Waals surface area contributed by atoms with E-state index in [4.69, 9.17) is 11.6 Å². The van der Waals surface area contributed by atoms with Gasteiger partial charge in [-0.25, -0.2) is 0 Å². The van der Waals surface area contributed by atoms with Gasteiger partial charge in [0.15, 0.2) is 0 Å². The third-order valence-corrected chi connectivity index (χ3v) is 7.60. The average Bonchev–Trinajstić information content (AvgIpc) is 3.15. The summed E-state index contributed by atoms with van der Waals surface area (Å²) in [6, 6.07) is 7.04. The van der Waals surface area contributed by atoms with E-state index >= 15 is 0 Å². The molecule has 1 saturated carbocycles. The Kier molecular flexibility index (Phi) is 6.87. The second kappa shape index (κ2) is 8.95. The second-order valence-corrected chi connectivity index (χ2v) is 10.5. The van der Waals surface area contributed by atoms with Gasteiger partial charge in [-0.05, 0) is 50.3 Å². The van der Waals surface area contributed by atoms with Crippen LogP contribution in [0, 0.1) is 17.3 Å². The number of carbonyl (C=O) groups is 2. The number of hydrogen-bond donors (Lipinski definition) is 2. The summed E-state index contributed by atoms with van der Waals surface area (Å²) in [5.41, 5.74) is 0.370. The molecule has 1 saturated heterocycles. The second-order valence-electron chi connectivity index (χ2n) is 10.0. The molecule has 1 aliphatic carbocycles. The van der Waals surface area contributed by atoms with Crippen LogP contribution in [0.2, 0.25) is 5.02 Å². The van der Waals surface area contributed by atoms with E-state index in [0.29, 0.717) is 24.5 Å². The van der Waals surface area contributed by atoms with Gasteiger partial charge >= 0.3 is 0 Å². The zero-order chi connectivity index (χ0) is 23.0. The number of aliphatic hydroxyl groups is 1. The fraction of sp³-hybridized carbons (Fsp3) is 0.600. The zero-order valence-corrected chi connectivity index (χ0v) is 19.8. The molecule has 0 aromatic heterocycles. The molecule has 3 rings (SSSR count). The highest BCUT2D eigenvalue weighted by Crippen LogP contribution is 2.46. The van der Waals surface area contributed by atoms with Gasteiger partial charge in [-0.15, -0.1) is 0 Å². The predicted molar refractivity (Wildman–Crippen MR) is 124 cm³/mol. The van der Waals surface area contributed by atoms with Gasteiger partial charge in [-0.1, -0.05) is 56.7 Å². The van der Waals surface area contributed by atoms with Gasteiger partial charge in [0.25, 0.3) is 0 Å². The highest BCUT2D eigenvalue weighted by molar-refractivity contribution is 6.30. The Balaban J connectivity index is 1.64. The van der Waals surface area contributed by atoms with Gasteiger partial charge in [0.2, 0.25) is 11.8 Å². The van der Waals surface area contributed by atoms with Gasteiger partial charge in [-0.2, -0.15) is 0 Å². The lowest BCUT2D eigenvalue weighted by atomic mass is 9.66. The number of likely N-dealkylation sites (tertiary alicyclic amines) is 1. The first-order chi connectivity index (χ1) is 14.4. The molecule has 1 aromatic carbocycles. The summed E-state index contributed by atoms with van der Waals surface area (Å²) in [5, 5.41) is 15.2. The summed E-state index contributed by atoms with van der Waals surface area (Å²) in [5.74, 6) is -0.344. The van der Waals surface area contributed by atoms with Gasteiger partial charge in [-0.3, -0.25) is 9.59 Å². The molecule has 2 amide bonds. The van der Waals surface area contributed by atoms with Crippen LogP contribution >= 0.6 is 11.6 Å². The Labute approximate surface area is 190 Å². The van der Waals surface area contributed by atoms with Crippen LogP contribution in [-0.4, -0.2) is 41.0 Å². The number of allylic oxidation sites excluding steroid dienone is 1. The van der Waals surface area contributed by atoms with Gasteiger partial charge in [0.1, 0.15) is 0 Å². The minimum absolute atomic E-state index is 0.00913. The Morgan fingerprint density at radius 2 is 1.90 bits per heavy atom. The highest BCUT2D eigenvalue weighted by atomic mass is 35.5. The molecule has 2 unspecified atom stereocenters. The minimum atomic E-state index is -1.04. The van der Waals surface area contributed by atoms with E-state index in [1.54, 1.807) is 12.1 Å². The summed E-state index contributed by atoms with van der Waals surface area (Å²) >= 11 is 6.01. The van der Waals surface area contributed by atoms with Crippen molar-refractivity contribution in [1.82, 2.24) is 10.2 Å². The molecule has 6 heteroatoms. The number of halogens is 1. The van der Waals surface area contributed by atoms with Gasteiger partial charge < -0.3 is 15.3 Å². The van der Waals surface area contributed by atoms with Crippen molar-refractivity contribution in [2.45, 2.75) is 65.0 Å². The fourth-order valence-electron chi connectivity index (χ4n) is 4.89. The molecule has 170 valence electrons. The van der Waals surface area contributed by atoms with E-state index in [1.165, 1.54) is 0 Å². The Morgan fingerprint density at radius 3 is 2.45 bits per heavy atom. The van der Waals surface area contributed by atoms with E-state index in [2.05, 4.69) is 11.9 Å². The van der Waals surface area contributed by atoms with Crippen molar-refractivity contribution in [2.24, 2.45) is 17.3 Å². The number of nitrogens with zero attached hydrogens (tertiary/aromatic N) is 1. The third-order valence-electron chi connectivity index (χ3n) is 7.34. The monoisotopic (exact) mass is 446 g/mol. The van der Waals surface area contributed by atoms with Crippen LogP contribution in [-0.2, 0) is 15.2 Å². The lowest BCUT2D eigenvalue weighted by Crippen LogP contribution is -2.58. The van der Waals surface area contributed by atoms with E-state index in [-0.39, 0.29) is 29.7 Å². The largest absolute Gasteiger partial charge is 0.384 e. The summed E-state index contributed by atoms with van der Waals surface area (Å²) in [4.78, 5) is 27.6. The van der Waals surface area contributed by atoms with Crippen LogP contribution in [0.4, 0.5) is 0 Å². The molecular weight excluding hydrogens is 412 g/mol. The van der Waals surface area contributed by atoms with E-state index in [1.807, 2.05) is 44.7 Å². The molecule has 2 N–H and O–H groups in total. The molecule has 0 bridgehead atoms. The topological polar surface area (TPSA) is 69.6 Å². The van der Waals surface area contributed by atoms with Crippen molar-refractivity contribution in [1.29, 1.82) is 0 Å². The number of amides is 2. The lowest BCUT2D eigenvalue weighted by Gasteiger charge is -2.51. The maximum atomic E-state index is 13.2. The minimum Gasteiger partial charge on any atom is -0.384 e. The van der Waals surface area contributed by atoms with Gasteiger partial charge in [0.05, 0.1) is 11.5 Å². The van der Waals surface area contributed by atoms with Crippen molar-refractivity contribution in [2.75, 3.05) is 13.1 Å². The molecule has 1 aromatic rings. The Morgan fingerprint density at radius 1 is 1.26 bits per heavy atom. The van der Waals surface area contributed by atoms with Crippen molar-refractivity contribution >= 4 is 23.4 Å². The zero-order valence-electron chi connectivity index (χ0n) is 19.1. The first-order valence-corrected chi connectivity index (χ1v) is 11.6. The van der Waals surface area contributed by atoms with Crippen molar-refractivity contribution in [3.8, 4) is 0 Å². The smallest absolute Gasteiger partial charge is 0.227 e. The van der Waals surface area contributed by atoms with E-state index < -0.39 is 11.0 Å². The maximum absolute atomic E-state index is 13.2. The third kappa shape index (κ3) is 4.83. The molecule has 5 nitrogen and oxygen atoms in total. The fourth-order valence-corrected chi connectivity index (χ4v) is 5.02. The molecule has 1 heterocycles. The molecule has 1 aliphatic heterocycles. The SMILES string of the molecule is C=C1CCC(C(=O)NC(C)[C@@H](C)C(=O)N2CC[C@](O)(c3ccc(Cl)cc3)C(C)(C)C2)C1. The number of carbonyl (C=O) groups excluding carboxylic acids is 2. The lowest BCUT2D eigenvalue weighted by molar-refractivity contribution is -0.156. The number of hydrogen-bond acceptors (Lipinski definition) is 3. The highest BCUT2D eigenvalue weighted by Gasteiger charge is 2.50.